The topological polar surface area (TPSA) is 26.0 Å². The third kappa shape index (κ3) is 1.75. The summed E-state index contributed by atoms with van der Waals surface area (Å²) in [6, 6.07) is 6.25. The Balaban J connectivity index is 2.75. The van der Waals surface area contributed by atoms with Crippen molar-refractivity contribution in [2.75, 3.05) is 0 Å². The predicted molar refractivity (Wildman–Crippen MR) is 45.9 cm³/mol. The van der Waals surface area contributed by atoms with Crippen molar-refractivity contribution in [2.24, 2.45) is 5.73 Å². The van der Waals surface area contributed by atoms with E-state index in [1.54, 1.807) is 0 Å². The first-order valence-corrected chi connectivity index (χ1v) is 5.38. The fraction of sp³-hybridized carbons (Fsp3) is 0.375. The SMILES string of the molecule is CCC(N)[si]1ccccc1. The van der Waals surface area contributed by atoms with Crippen molar-refractivity contribution in [1.29, 1.82) is 0 Å². The minimum absolute atomic E-state index is 0.395. The molecule has 0 radical (unpaired) electrons. The van der Waals surface area contributed by atoms with E-state index in [2.05, 4.69) is 36.5 Å². The van der Waals surface area contributed by atoms with E-state index < -0.39 is 8.40 Å². The van der Waals surface area contributed by atoms with Crippen molar-refractivity contribution in [3.8, 4) is 0 Å². The van der Waals surface area contributed by atoms with E-state index in [0.717, 1.165) is 6.42 Å². The maximum atomic E-state index is 5.88. The fourth-order valence-electron chi connectivity index (χ4n) is 0.936. The lowest BCUT2D eigenvalue weighted by molar-refractivity contribution is 0.790. The molecule has 1 nitrogen and oxygen atoms in total. The van der Waals surface area contributed by atoms with Gasteiger partial charge in [0, 0.05) is 5.67 Å². The summed E-state index contributed by atoms with van der Waals surface area (Å²) in [6.07, 6.45) is 1.09. The van der Waals surface area contributed by atoms with Gasteiger partial charge in [-0.1, -0.05) is 36.5 Å². The highest BCUT2D eigenvalue weighted by atomic mass is 28.2. The molecule has 1 atom stereocenters. The quantitative estimate of drug-likeness (QED) is 0.638. The molecule has 0 saturated carbocycles. The second-order valence-corrected chi connectivity index (χ2v) is 4.83. The largest absolute Gasteiger partial charge is 0.327 e. The molecule has 1 heterocycles. The van der Waals surface area contributed by atoms with E-state index in [1.165, 1.54) is 0 Å². The summed E-state index contributed by atoms with van der Waals surface area (Å²) in [7, 11) is -0.491. The lowest BCUT2D eigenvalue weighted by atomic mass is 10.5. The Kier molecular flexibility index (Phi) is 2.77. The molecule has 54 valence electrons. The van der Waals surface area contributed by atoms with Crippen LogP contribution in [0.4, 0.5) is 0 Å². The summed E-state index contributed by atoms with van der Waals surface area (Å²) in [5, 5.41) is 0. The fourth-order valence-corrected chi connectivity index (χ4v) is 2.68. The van der Waals surface area contributed by atoms with Crippen molar-refractivity contribution in [3.05, 3.63) is 29.6 Å². The standard InChI is InChI=1S/C8H13NSi/c1-2-8(9)10-6-4-3-5-7-10/h3-8H,2,9H2,1H3. The van der Waals surface area contributed by atoms with Crippen LogP contribution in [0, 0.1) is 0 Å². The molecule has 0 fully saturated rings. The summed E-state index contributed by atoms with van der Waals surface area (Å²) in [6.45, 7) is 2.14. The maximum Gasteiger partial charge on any atom is 0.0556 e. The first kappa shape index (κ1) is 7.63. The van der Waals surface area contributed by atoms with Gasteiger partial charge in [-0.05, 0) is 6.42 Å². The molecule has 1 rings (SSSR count). The van der Waals surface area contributed by atoms with Crippen LogP contribution < -0.4 is 5.73 Å². The third-order valence-electron chi connectivity index (χ3n) is 1.67. The summed E-state index contributed by atoms with van der Waals surface area (Å²) < 4.78 is 0. The van der Waals surface area contributed by atoms with Gasteiger partial charge in [0.05, 0.1) is 8.40 Å². The molecule has 2 heteroatoms. The second-order valence-electron chi connectivity index (χ2n) is 2.43. The Morgan fingerprint density at radius 3 is 2.40 bits per heavy atom. The molecule has 0 saturated heterocycles. The van der Waals surface area contributed by atoms with Crippen molar-refractivity contribution in [1.82, 2.24) is 0 Å². The molecule has 0 aliphatic carbocycles. The molecule has 2 N–H and O–H groups in total. The van der Waals surface area contributed by atoms with E-state index >= 15 is 0 Å². The summed E-state index contributed by atoms with van der Waals surface area (Å²) in [4.78, 5) is 0. The average Bonchev–Trinajstić information content (AvgIpc) is 2.05. The third-order valence-corrected chi connectivity index (χ3v) is 4.09. The molecule has 10 heavy (non-hydrogen) atoms. The van der Waals surface area contributed by atoms with Gasteiger partial charge < -0.3 is 5.73 Å². The highest BCUT2D eigenvalue weighted by Gasteiger charge is 2.00. The Morgan fingerprint density at radius 2 is 1.90 bits per heavy atom. The van der Waals surface area contributed by atoms with E-state index in [0.29, 0.717) is 5.67 Å². The Morgan fingerprint density at radius 1 is 1.30 bits per heavy atom. The number of nitrogens with two attached hydrogens (primary N) is 1. The normalized spacial score (nSPS) is 13.0. The van der Waals surface area contributed by atoms with Gasteiger partial charge in [-0.2, -0.15) is 0 Å². The molecule has 1 aromatic heterocycles. The Labute approximate surface area is 63.4 Å². The van der Waals surface area contributed by atoms with Gasteiger partial charge in [-0.15, -0.1) is 0 Å². The zero-order chi connectivity index (χ0) is 7.40. The van der Waals surface area contributed by atoms with Crippen LogP contribution >= 0.6 is 0 Å². The van der Waals surface area contributed by atoms with Crippen LogP contribution in [0.2, 0.25) is 0 Å². The van der Waals surface area contributed by atoms with Crippen LogP contribution in [-0.4, -0.2) is 8.40 Å². The lowest BCUT2D eigenvalue weighted by Gasteiger charge is -2.05. The van der Waals surface area contributed by atoms with Gasteiger partial charge in [0.15, 0.2) is 0 Å². The monoisotopic (exact) mass is 151 g/mol. The van der Waals surface area contributed by atoms with E-state index in [-0.39, 0.29) is 0 Å². The molecule has 0 spiro atoms. The summed E-state index contributed by atoms with van der Waals surface area (Å²) in [5.74, 6) is 0. The Bertz CT molecular complexity index is 186. The van der Waals surface area contributed by atoms with Crippen molar-refractivity contribution in [2.45, 2.75) is 19.0 Å². The molecule has 1 unspecified atom stereocenters. The molecule has 0 amide bonds. The molecular formula is C8H13NSi. The van der Waals surface area contributed by atoms with Crippen LogP contribution in [-0.2, 0) is 0 Å². The molecule has 0 aliphatic heterocycles. The van der Waals surface area contributed by atoms with Crippen LogP contribution in [0.25, 0.3) is 0 Å². The van der Waals surface area contributed by atoms with Crippen LogP contribution in [0.5, 0.6) is 0 Å². The van der Waals surface area contributed by atoms with E-state index in [9.17, 15) is 0 Å². The average molecular weight is 151 g/mol. The minimum atomic E-state index is -0.491. The second kappa shape index (κ2) is 3.64. The minimum Gasteiger partial charge on any atom is -0.327 e. The van der Waals surface area contributed by atoms with Crippen LogP contribution in [0.15, 0.2) is 29.6 Å². The van der Waals surface area contributed by atoms with Gasteiger partial charge in [0.2, 0.25) is 0 Å². The molecule has 0 bridgehead atoms. The van der Waals surface area contributed by atoms with Gasteiger partial charge in [0.25, 0.3) is 0 Å². The zero-order valence-corrected chi connectivity index (χ0v) is 7.25. The zero-order valence-electron chi connectivity index (χ0n) is 6.25. The highest BCUT2D eigenvalue weighted by molar-refractivity contribution is 6.51. The van der Waals surface area contributed by atoms with E-state index in [1.807, 2.05) is 0 Å². The van der Waals surface area contributed by atoms with E-state index in [4.69, 9.17) is 5.73 Å². The Hall–Kier alpha value is -0.473. The molecular weight excluding hydrogens is 138 g/mol. The summed E-state index contributed by atoms with van der Waals surface area (Å²) >= 11 is 0. The lowest BCUT2D eigenvalue weighted by Crippen LogP contribution is -2.17. The van der Waals surface area contributed by atoms with Crippen LogP contribution in [0.3, 0.4) is 0 Å². The molecule has 0 aromatic carbocycles. The smallest absolute Gasteiger partial charge is 0.0556 e. The van der Waals surface area contributed by atoms with Crippen molar-refractivity contribution < 1.29 is 0 Å². The molecule has 1 aromatic rings. The first-order valence-electron chi connectivity index (χ1n) is 3.65. The van der Waals surface area contributed by atoms with Crippen molar-refractivity contribution in [3.63, 3.8) is 0 Å². The first-order chi connectivity index (χ1) is 4.84. The number of rotatable bonds is 2. The van der Waals surface area contributed by atoms with Crippen LogP contribution in [0.1, 0.15) is 19.0 Å². The molecule has 0 aliphatic rings. The van der Waals surface area contributed by atoms with Gasteiger partial charge >= 0.3 is 0 Å². The van der Waals surface area contributed by atoms with Gasteiger partial charge in [0.1, 0.15) is 0 Å². The van der Waals surface area contributed by atoms with Gasteiger partial charge in [-0.25, -0.2) is 0 Å². The van der Waals surface area contributed by atoms with Crippen molar-refractivity contribution >= 4 is 8.40 Å². The number of hydrogen-bond donors (Lipinski definition) is 1. The number of hydrogen-bond acceptors (Lipinski definition) is 1. The maximum absolute atomic E-state index is 5.88. The predicted octanol–water partition coefficient (Wildman–Crippen LogP) is 1.58. The summed E-state index contributed by atoms with van der Waals surface area (Å²) in [5.41, 5.74) is 10.8. The van der Waals surface area contributed by atoms with Gasteiger partial charge in [-0.3, -0.25) is 0 Å². The highest BCUT2D eigenvalue weighted by Crippen LogP contribution is 2.00.